The van der Waals surface area contributed by atoms with Crippen LogP contribution in [0.4, 0.5) is 32.0 Å². The van der Waals surface area contributed by atoms with Gasteiger partial charge in [-0.25, -0.2) is 4.98 Å². The second-order valence-corrected chi connectivity index (χ2v) is 6.19. The van der Waals surface area contributed by atoms with Gasteiger partial charge in [0.1, 0.15) is 0 Å². The largest absolute Gasteiger partial charge is 0.435 e. The van der Waals surface area contributed by atoms with E-state index < -0.39 is 35.7 Å². The summed E-state index contributed by atoms with van der Waals surface area (Å²) >= 11 is 0. The molecule has 2 aromatic rings. The number of hydrogen-bond acceptors (Lipinski definition) is 3. The van der Waals surface area contributed by atoms with E-state index in [4.69, 9.17) is 0 Å². The molecule has 1 aliphatic rings. The van der Waals surface area contributed by atoms with Gasteiger partial charge >= 0.3 is 12.4 Å². The Kier molecular flexibility index (Phi) is 4.76. The van der Waals surface area contributed by atoms with Crippen molar-refractivity contribution in [2.45, 2.75) is 38.2 Å². The lowest BCUT2D eigenvalue weighted by molar-refractivity contribution is -0.141. The predicted molar refractivity (Wildman–Crippen MR) is 83.7 cm³/mol. The maximum atomic E-state index is 13.6. The first-order valence-electron chi connectivity index (χ1n) is 8.10. The van der Waals surface area contributed by atoms with E-state index in [-0.39, 0.29) is 16.6 Å². The summed E-state index contributed by atoms with van der Waals surface area (Å²) in [5.41, 5.74) is -3.91. The Morgan fingerprint density at radius 2 is 1.62 bits per heavy atom. The number of pyridine rings is 1. The van der Waals surface area contributed by atoms with Crippen molar-refractivity contribution < 1.29 is 31.4 Å². The fourth-order valence-corrected chi connectivity index (χ4v) is 3.39. The van der Waals surface area contributed by atoms with Crippen molar-refractivity contribution in [2.75, 3.05) is 18.0 Å². The van der Waals surface area contributed by atoms with Crippen LogP contribution in [0.25, 0.3) is 10.9 Å². The molecule has 2 heterocycles. The van der Waals surface area contributed by atoms with E-state index in [1.165, 1.54) is 11.0 Å². The summed E-state index contributed by atoms with van der Waals surface area (Å²) in [5.74, 6) is 0. The van der Waals surface area contributed by atoms with Gasteiger partial charge in [-0.15, -0.1) is 0 Å². The van der Waals surface area contributed by atoms with Crippen LogP contribution in [-0.4, -0.2) is 23.2 Å². The molecule has 0 amide bonds. The first kappa shape index (κ1) is 18.8. The topological polar surface area (TPSA) is 36.4 Å². The molecule has 0 radical (unpaired) electrons. The number of aliphatic hydroxyl groups is 1. The monoisotopic (exact) mass is 378 g/mol. The third-order valence-corrected chi connectivity index (χ3v) is 4.50. The highest BCUT2D eigenvalue weighted by molar-refractivity contribution is 5.90. The summed E-state index contributed by atoms with van der Waals surface area (Å²) in [6, 6.07) is 3.06. The van der Waals surface area contributed by atoms with Gasteiger partial charge in [0, 0.05) is 24.0 Å². The minimum atomic E-state index is -4.94. The smallest absolute Gasteiger partial charge is 0.392 e. The number of fused-ring (bicyclic) bond motifs is 1. The molecule has 0 spiro atoms. The van der Waals surface area contributed by atoms with Crippen molar-refractivity contribution in [3.63, 3.8) is 0 Å². The van der Waals surface area contributed by atoms with E-state index in [1.807, 2.05) is 0 Å². The fourth-order valence-electron chi connectivity index (χ4n) is 3.39. The quantitative estimate of drug-likeness (QED) is 0.766. The Bertz CT molecular complexity index is 809. The molecule has 0 aliphatic carbocycles. The van der Waals surface area contributed by atoms with E-state index in [1.54, 1.807) is 0 Å². The molecule has 1 N–H and O–H groups in total. The first-order valence-corrected chi connectivity index (χ1v) is 8.10. The Morgan fingerprint density at radius 1 is 0.962 bits per heavy atom. The Balaban J connectivity index is 2.38. The maximum absolute atomic E-state index is 13.6. The van der Waals surface area contributed by atoms with E-state index in [0.717, 1.165) is 12.5 Å². The lowest BCUT2D eigenvalue weighted by Gasteiger charge is -2.33. The number of nitrogens with zero attached hydrogens (tertiary/aromatic N) is 2. The number of para-hydroxylation sites is 1. The van der Waals surface area contributed by atoms with Crippen LogP contribution in [0, 0.1) is 0 Å². The van der Waals surface area contributed by atoms with Crippen LogP contribution in [0.2, 0.25) is 0 Å². The number of piperidine rings is 1. The molecule has 142 valence electrons. The standard InChI is InChI=1S/C17H16F6N2O/c18-16(19,20)12-6-4-5-10-11(9-26)14(25-7-2-1-3-8-25)15(17(21,22)23)24-13(10)12/h4-6,26H,1-3,7-9H2. The van der Waals surface area contributed by atoms with Gasteiger partial charge in [0.2, 0.25) is 0 Å². The average Bonchev–Trinajstić information content (AvgIpc) is 2.58. The third kappa shape index (κ3) is 3.32. The third-order valence-electron chi connectivity index (χ3n) is 4.50. The van der Waals surface area contributed by atoms with Gasteiger partial charge in [0.15, 0.2) is 5.69 Å². The normalized spacial score (nSPS) is 16.3. The fraction of sp³-hybridized carbons (Fsp3) is 0.471. The zero-order valence-corrected chi connectivity index (χ0v) is 13.6. The highest BCUT2D eigenvalue weighted by atomic mass is 19.4. The summed E-state index contributed by atoms with van der Waals surface area (Å²) in [6.45, 7) is -0.139. The van der Waals surface area contributed by atoms with Crippen molar-refractivity contribution in [3.05, 3.63) is 35.0 Å². The maximum Gasteiger partial charge on any atom is 0.435 e. The molecule has 1 aromatic heterocycles. The van der Waals surface area contributed by atoms with Crippen molar-refractivity contribution in [2.24, 2.45) is 0 Å². The van der Waals surface area contributed by atoms with Crippen molar-refractivity contribution in [3.8, 4) is 0 Å². The molecule has 3 nitrogen and oxygen atoms in total. The minimum Gasteiger partial charge on any atom is -0.392 e. The molecular formula is C17H16F6N2O. The summed E-state index contributed by atoms with van der Waals surface area (Å²) < 4.78 is 80.6. The summed E-state index contributed by atoms with van der Waals surface area (Å²) in [6.07, 6.45) is -7.59. The Morgan fingerprint density at radius 3 is 2.15 bits per heavy atom. The van der Waals surface area contributed by atoms with Crippen LogP contribution < -0.4 is 4.90 Å². The molecule has 1 aliphatic heterocycles. The lowest BCUT2D eigenvalue weighted by Crippen LogP contribution is -2.33. The zero-order valence-electron chi connectivity index (χ0n) is 13.6. The molecule has 3 rings (SSSR count). The summed E-state index contributed by atoms with van der Waals surface area (Å²) in [7, 11) is 0. The molecular weight excluding hydrogens is 362 g/mol. The first-order chi connectivity index (χ1) is 12.1. The van der Waals surface area contributed by atoms with Crippen LogP contribution in [0.1, 0.15) is 36.1 Å². The number of alkyl halides is 6. The number of benzene rings is 1. The van der Waals surface area contributed by atoms with Gasteiger partial charge in [-0.05, 0) is 25.3 Å². The summed E-state index contributed by atoms with van der Waals surface area (Å²) in [4.78, 5) is 4.86. The number of rotatable bonds is 2. The number of hydrogen-bond donors (Lipinski definition) is 1. The second kappa shape index (κ2) is 6.61. The highest BCUT2D eigenvalue weighted by Crippen LogP contribution is 2.43. The van der Waals surface area contributed by atoms with Crippen molar-refractivity contribution in [1.29, 1.82) is 0 Å². The molecule has 0 atom stereocenters. The average molecular weight is 378 g/mol. The molecule has 1 aromatic carbocycles. The summed E-state index contributed by atoms with van der Waals surface area (Å²) in [5, 5.41) is 9.61. The molecule has 26 heavy (non-hydrogen) atoms. The number of anilines is 1. The van der Waals surface area contributed by atoms with Crippen molar-refractivity contribution in [1.82, 2.24) is 4.98 Å². The molecule has 0 saturated carbocycles. The van der Waals surface area contributed by atoms with Crippen LogP contribution >= 0.6 is 0 Å². The van der Waals surface area contributed by atoms with E-state index in [2.05, 4.69) is 4.98 Å². The number of halogens is 6. The molecule has 9 heteroatoms. The van der Waals surface area contributed by atoms with E-state index in [0.29, 0.717) is 32.0 Å². The second-order valence-electron chi connectivity index (χ2n) is 6.19. The highest BCUT2D eigenvalue weighted by Gasteiger charge is 2.41. The molecule has 0 bridgehead atoms. The molecule has 0 unspecified atom stereocenters. The van der Waals surface area contributed by atoms with Gasteiger partial charge in [-0.3, -0.25) is 0 Å². The van der Waals surface area contributed by atoms with Crippen LogP contribution in [0.3, 0.4) is 0 Å². The van der Waals surface area contributed by atoms with Gasteiger partial charge in [-0.1, -0.05) is 12.1 Å². The van der Waals surface area contributed by atoms with E-state index in [9.17, 15) is 31.4 Å². The lowest BCUT2D eigenvalue weighted by atomic mass is 9.99. The van der Waals surface area contributed by atoms with Crippen LogP contribution in [0.5, 0.6) is 0 Å². The molecule has 1 saturated heterocycles. The van der Waals surface area contributed by atoms with Gasteiger partial charge in [0.25, 0.3) is 0 Å². The van der Waals surface area contributed by atoms with Crippen LogP contribution in [-0.2, 0) is 19.0 Å². The Hall–Kier alpha value is -2.03. The number of aliphatic hydroxyl groups excluding tert-OH is 1. The predicted octanol–water partition coefficient (Wildman–Crippen LogP) is 4.76. The SMILES string of the molecule is OCc1c(N2CCCCC2)c(C(F)(F)F)nc2c(C(F)(F)F)cccc12. The zero-order chi connectivity index (χ0) is 19.1. The van der Waals surface area contributed by atoms with E-state index >= 15 is 0 Å². The van der Waals surface area contributed by atoms with Crippen LogP contribution in [0.15, 0.2) is 18.2 Å². The van der Waals surface area contributed by atoms with Gasteiger partial charge in [-0.2, -0.15) is 26.3 Å². The number of aromatic nitrogens is 1. The Labute approximate surface area is 145 Å². The van der Waals surface area contributed by atoms with Gasteiger partial charge in [0.05, 0.1) is 23.4 Å². The van der Waals surface area contributed by atoms with Crippen molar-refractivity contribution >= 4 is 16.6 Å². The molecule has 1 fully saturated rings. The minimum absolute atomic E-state index is 0.115. The van der Waals surface area contributed by atoms with Gasteiger partial charge < -0.3 is 10.0 Å².